The Labute approximate surface area is 95.1 Å². The summed E-state index contributed by atoms with van der Waals surface area (Å²) in [6.45, 7) is 5.46. The van der Waals surface area contributed by atoms with Gasteiger partial charge < -0.3 is 10.4 Å². The van der Waals surface area contributed by atoms with Gasteiger partial charge in [-0.05, 0) is 25.5 Å². The van der Waals surface area contributed by atoms with Crippen LogP contribution in [0.3, 0.4) is 0 Å². The molecule has 1 unspecified atom stereocenters. The van der Waals surface area contributed by atoms with E-state index < -0.39 is 6.10 Å². The van der Waals surface area contributed by atoms with Gasteiger partial charge in [-0.3, -0.25) is 4.79 Å². The SMILES string of the molecule is CCCNCC(O)Cn1ncc(C)cc1=O. The number of nitrogens with one attached hydrogen (secondary N) is 1. The van der Waals surface area contributed by atoms with E-state index >= 15 is 0 Å². The van der Waals surface area contributed by atoms with Gasteiger partial charge in [0.25, 0.3) is 5.56 Å². The lowest BCUT2D eigenvalue weighted by molar-refractivity contribution is 0.145. The Morgan fingerprint density at radius 1 is 1.62 bits per heavy atom. The van der Waals surface area contributed by atoms with Gasteiger partial charge in [-0.25, -0.2) is 4.68 Å². The van der Waals surface area contributed by atoms with Gasteiger partial charge in [0, 0.05) is 12.6 Å². The molecule has 0 aliphatic carbocycles. The van der Waals surface area contributed by atoms with Gasteiger partial charge in [0.2, 0.25) is 0 Å². The van der Waals surface area contributed by atoms with Crippen LogP contribution in [0.5, 0.6) is 0 Å². The molecule has 0 saturated heterocycles. The second-order valence-corrected chi connectivity index (χ2v) is 3.91. The second kappa shape index (κ2) is 6.40. The van der Waals surface area contributed by atoms with Crippen molar-refractivity contribution in [3.63, 3.8) is 0 Å². The molecule has 0 spiro atoms. The number of aliphatic hydroxyl groups is 1. The summed E-state index contributed by atoms with van der Waals surface area (Å²) in [5.74, 6) is 0. The van der Waals surface area contributed by atoms with Gasteiger partial charge >= 0.3 is 0 Å². The normalized spacial score (nSPS) is 12.7. The number of hydrogen-bond donors (Lipinski definition) is 2. The number of hydrogen-bond acceptors (Lipinski definition) is 4. The molecule has 0 aromatic carbocycles. The van der Waals surface area contributed by atoms with Gasteiger partial charge in [-0.15, -0.1) is 0 Å². The van der Waals surface area contributed by atoms with Crippen LogP contribution < -0.4 is 10.9 Å². The van der Waals surface area contributed by atoms with Crippen LogP contribution in [-0.2, 0) is 6.54 Å². The quantitative estimate of drug-likeness (QED) is 0.664. The van der Waals surface area contributed by atoms with Crippen LogP contribution in [0, 0.1) is 6.92 Å². The zero-order valence-electron chi connectivity index (χ0n) is 9.81. The lowest BCUT2D eigenvalue weighted by Gasteiger charge is -2.12. The molecule has 0 saturated carbocycles. The van der Waals surface area contributed by atoms with Gasteiger partial charge in [0.15, 0.2) is 0 Å². The Morgan fingerprint density at radius 3 is 3.00 bits per heavy atom. The molecule has 1 rings (SSSR count). The largest absolute Gasteiger partial charge is 0.390 e. The molecule has 2 N–H and O–H groups in total. The summed E-state index contributed by atoms with van der Waals surface area (Å²) >= 11 is 0. The first-order valence-electron chi connectivity index (χ1n) is 5.56. The number of aryl methyl sites for hydroxylation is 1. The molecule has 5 nitrogen and oxygen atoms in total. The smallest absolute Gasteiger partial charge is 0.267 e. The fourth-order valence-corrected chi connectivity index (χ4v) is 1.37. The zero-order valence-corrected chi connectivity index (χ0v) is 9.81. The molecule has 90 valence electrons. The van der Waals surface area contributed by atoms with Crippen LogP contribution in [0.15, 0.2) is 17.1 Å². The molecule has 1 heterocycles. The van der Waals surface area contributed by atoms with E-state index in [-0.39, 0.29) is 12.1 Å². The summed E-state index contributed by atoms with van der Waals surface area (Å²) in [6.07, 6.45) is 2.06. The van der Waals surface area contributed by atoms with Crippen LogP contribution >= 0.6 is 0 Å². The standard InChI is InChI=1S/C11H19N3O2/c1-3-4-12-7-10(15)8-14-11(16)5-9(2)6-13-14/h5-6,10,12,15H,3-4,7-8H2,1-2H3. The van der Waals surface area contributed by atoms with E-state index in [2.05, 4.69) is 17.3 Å². The van der Waals surface area contributed by atoms with Gasteiger partial charge in [-0.2, -0.15) is 5.10 Å². The van der Waals surface area contributed by atoms with Crippen LogP contribution in [-0.4, -0.2) is 34.1 Å². The first kappa shape index (κ1) is 12.9. The molecule has 1 atom stereocenters. The molecule has 0 fully saturated rings. The minimum Gasteiger partial charge on any atom is -0.390 e. The monoisotopic (exact) mass is 225 g/mol. The van der Waals surface area contributed by atoms with Gasteiger partial charge in [0.1, 0.15) is 0 Å². The van der Waals surface area contributed by atoms with E-state index in [9.17, 15) is 9.90 Å². The highest BCUT2D eigenvalue weighted by molar-refractivity contribution is 5.02. The minimum atomic E-state index is -0.584. The summed E-state index contributed by atoms with van der Waals surface area (Å²) in [6, 6.07) is 1.51. The fourth-order valence-electron chi connectivity index (χ4n) is 1.37. The van der Waals surface area contributed by atoms with Gasteiger partial charge in [0.05, 0.1) is 18.8 Å². The van der Waals surface area contributed by atoms with E-state index in [0.717, 1.165) is 18.5 Å². The Morgan fingerprint density at radius 2 is 2.38 bits per heavy atom. The fraction of sp³-hybridized carbons (Fsp3) is 0.636. The highest BCUT2D eigenvalue weighted by Gasteiger charge is 2.06. The molecular weight excluding hydrogens is 206 g/mol. The third-order valence-electron chi connectivity index (χ3n) is 2.20. The first-order valence-corrected chi connectivity index (χ1v) is 5.56. The summed E-state index contributed by atoms with van der Waals surface area (Å²) in [5.41, 5.74) is 0.661. The lowest BCUT2D eigenvalue weighted by Crippen LogP contribution is -2.35. The third kappa shape index (κ3) is 4.12. The predicted molar refractivity (Wildman–Crippen MR) is 62.4 cm³/mol. The topological polar surface area (TPSA) is 67.2 Å². The van der Waals surface area contributed by atoms with Crippen molar-refractivity contribution in [2.75, 3.05) is 13.1 Å². The summed E-state index contributed by atoms with van der Waals surface area (Å²) in [5, 5.41) is 16.7. The summed E-state index contributed by atoms with van der Waals surface area (Å²) in [4.78, 5) is 11.5. The van der Waals surface area contributed by atoms with Crippen molar-refractivity contribution in [3.8, 4) is 0 Å². The van der Waals surface area contributed by atoms with Crippen LogP contribution in [0.4, 0.5) is 0 Å². The minimum absolute atomic E-state index is 0.172. The number of aromatic nitrogens is 2. The van der Waals surface area contributed by atoms with Crippen LogP contribution in [0.1, 0.15) is 18.9 Å². The molecular formula is C11H19N3O2. The average Bonchev–Trinajstić information content (AvgIpc) is 2.23. The maximum atomic E-state index is 11.5. The number of nitrogens with zero attached hydrogens (tertiary/aromatic N) is 2. The van der Waals surface area contributed by atoms with Crippen LogP contribution in [0.2, 0.25) is 0 Å². The molecule has 16 heavy (non-hydrogen) atoms. The van der Waals surface area contributed by atoms with Crippen molar-refractivity contribution in [1.82, 2.24) is 15.1 Å². The molecule has 0 aliphatic rings. The van der Waals surface area contributed by atoms with Crippen molar-refractivity contribution in [2.45, 2.75) is 32.9 Å². The predicted octanol–water partition coefficient (Wildman–Crippen LogP) is -0.0878. The average molecular weight is 225 g/mol. The van der Waals surface area contributed by atoms with E-state index in [0.29, 0.717) is 6.54 Å². The van der Waals surface area contributed by atoms with Crippen molar-refractivity contribution in [3.05, 3.63) is 28.2 Å². The van der Waals surface area contributed by atoms with E-state index in [1.807, 2.05) is 6.92 Å². The Hall–Kier alpha value is -1.20. The maximum Gasteiger partial charge on any atom is 0.267 e. The highest BCUT2D eigenvalue weighted by Crippen LogP contribution is 1.89. The Kier molecular flexibility index (Phi) is 5.14. The van der Waals surface area contributed by atoms with Crippen molar-refractivity contribution in [1.29, 1.82) is 0 Å². The maximum absolute atomic E-state index is 11.5. The summed E-state index contributed by atoms with van der Waals surface area (Å²) in [7, 11) is 0. The lowest BCUT2D eigenvalue weighted by atomic mass is 10.3. The summed E-state index contributed by atoms with van der Waals surface area (Å²) < 4.78 is 1.28. The molecule has 0 bridgehead atoms. The first-order chi connectivity index (χ1) is 7.63. The van der Waals surface area contributed by atoms with Gasteiger partial charge in [-0.1, -0.05) is 6.92 Å². The van der Waals surface area contributed by atoms with E-state index in [1.165, 1.54) is 10.7 Å². The molecule has 1 aromatic heterocycles. The third-order valence-corrected chi connectivity index (χ3v) is 2.20. The Bertz CT molecular complexity index is 376. The van der Waals surface area contributed by atoms with Crippen LogP contribution in [0.25, 0.3) is 0 Å². The highest BCUT2D eigenvalue weighted by atomic mass is 16.3. The molecule has 0 amide bonds. The molecule has 5 heteroatoms. The number of aliphatic hydroxyl groups excluding tert-OH is 1. The molecule has 0 radical (unpaired) electrons. The van der Waals surface area contributed by atoms with Crippen molar-refractivity contribution < 1.29 is 5.11 Å². The Balaban J connectivity index is 2.49. The second-order valence-electron chi connectivity index (χ2n) is 3.91. The van der Waals surface area contributed by atoms with Crippen molar-refractivity contribution in [2.24, 2.45) is 0 Å². The zero-order chi connectivity index (χ0) is 12.0. The van der Waals surface area contributed by atoms with Crippen molar-refractivity contribution >= 4 is 0 Å². The number of rotatable bonds is 6. The molecule has 0 aliphatic heterocycles. The molecule has 1 aromatic rings. The van der Waals surface area contributed by atoms with E-state index in [1.54, 1.807) is 6.20 Å². The van der Waals surface area contributed by atoms with E-state index in [4.69, 9.17) is 0 Å².